The van der Waals surface area contributed by atoms with Crippen molar-refractivity contribution in [2.24, 2.45) is 5.92 Å². The molecule has 0 N–H and O–H groups in total. The van der Waals surface area contributed by atoms with E-state index in [0.29, 0.717) is 43.2 Å². The molecule has 0 spiro atoms. The first kappa shape index (κ1) is 23.3. The largest absolute Gasteiger partial charge is 0.496 e. The number of amides is 1. The van der Waals surface area contributed by atoms with Gasteiger partial charge in [0.2, 0.25) is 15.9 Å². The van der Waals surface area contributed by atoms with Crippen LogP contribution in [0.15, 0.2) is 53.9 Å². The van der Waals surface area contributed by atoms with Crippen LogP contribution in [0.2, 0.25) is 5.02 Å². The first-order valence-electron chi connectivity index (χ1n) is 10.1. The monoisotopic (exact) mass is 462 g/mol. The van der Waals surface area contributed by atoms with E-state index < -0.39 is 10.0 Å². The van der Waals surface area contributed by atoms with E-state index in [1.165, 1.54) is 9.71 Å². The smallest absolute Gasteiger partial charge is 0.236 e. The van der Waals surface area contributed by atoms with Crippen molar-refractivity contribution in [1.29, 1.82) is 0 Å². The van der Waals surface area contributed by atoms with E-state index in [1.54, 1.807) is 43.3 Å². The number of carbonyl (C=O) groups is 1. The van der Waals surface area contributed by atoms with Gasteiger partial charge in [0.1, 0.15) is 5.75 Å². The number of rotatable bonds is 7. The van der Waals surface area contributed by atoms with Gasteiger partial charge in [-0.1, -0.05) is 41.9 Å². The number of halogens is 1. The van der Waals surface area contributed by atoms with Gasteiger partial charge in [-0.25, -0.2) is 8.42 Å². The predicted octanol–water partition coefficient (Wildman–Crippen LogP) is 4.02. The summed E-state index contributed by atoms with van der Waals surface area (Å²) in [5.41, 5.74) is 1.66. The molecule has 0 aromatic heterocycles. The molecule has 166 valence electrons. The molecule has 1 saturated heterocycles. The number of nitrogens with zero attached hydrogens (tertiary/aromatic N) is 2. The summed E-state index contributed by atoms with van der Waals surface area (Å²) in [7, 11) is -0.192. The van der Waals surface area contributed by atoms with E-state index in [0.717, 1.165) is 11.1 Å². The Kier molecular flexibility index (Phi) is 7.75. The average molecular weight is 463 g/mol. The highest BCUT2D eigenvalue weighted by Gasteiger charge is 2.31. The number of ether oxygens (including phenoxy) is 1. The molecule has 0 atom stereocenters. The average Bonchev–Trinajstić information content (AvgIpc) is 2.78. The lowest BCUT2D eigenvalue weighted by atomic mass is 9.96. The fourth-order valence-electron chi connectivity index (χ4n) is 3.69. The standard InChI is InChI=1S/C23H27ClN2O4S/c1-25(17-20-16-21(24)8-9-22(20)30-2)23(27)19-10-13-26(14-11-19)31(28,29)15-12-18-6-4-3-5-7-18/h3-9,12,15-16,19H,10-11,13-14,17H2,1-2H3. The van der Waals surface area contributed by atoms with E-state index >= 15 is 0 Å². The molecule has 1 heterocycles. The first-order valence-corrected chi connectivity index (χ1v) is 12.0. The summed E-state index contributed by atoms with van der Waals surface area (Å²) in [5, 5.41) is 1.82. The first-order chi connectivity index (χ1) is 14.8. The van der Waals surface area contributed by atoms with Crippen LogP contribution in [0.1, 0.15) is 24.0 Å². The molecule has 1 fully saturated rings. The zero-order valence-corrected chi connectivity index (χ0v) is 19.3. The van der Waals surface area contributed by atoms with Crippen LogP contribution >= 0.6 is 11.6 Å². The summed E-state index contributed by atoms with van der Waals surface area (Å²) in [6, 6.07) is 14.6. The summed E-state index contributed by atoms with van der Waals surface area (Å²) in [6.45, 7) is 1.03. The van der Waals surface area contributed by atoms with Crippen molar-refractivity contribution in [2.45, 2.75) is 19.4 Å². The molecular weight excluding hydrogens is 436 g/mol. The van der Waals surface area contributed by atoms with Gasteiger partial charge in [-0.15, -0.1) is 0 Å². The second-order valence-electron chi connectivity index (χ2n) is 7.58. The van der Waals surface area contributed by atoms with Crippen molar-refractivity contribution in [3.63, 3.8) is 0 Å². The molecule has 2 aromatic carbocycles. The molecule has 1 aliphatic heterocycles. The second-order valence-corrected chi connectivity index (χ2v) is 9.84. The van der Waals surface area contributed by atoms with Gasteiger partial charge in [0.25, 0.3) is 0 Å². The summed E-state index contributed by atoms with van der Waals surface area (Å²) in [6.07, 6.45) is 2.58. The van der Waals surface area contributed by atoms with Crippen molar-refractivity contribution in [3.05, 3.63) is 70.1 Å². The minimum atomic E-state index is -3.52. The Hall–Kier alpha value is -2.35. The van der Waals surface area contributed by atoms with Gasteiger partial charge >= 0.3 is 0 Å². The molecule has 0 aliphatic carbocycles. The molecule has 8 heteroatoms. The van der Waals surface area contributed by atoms with Gasteiger partial charge in [-0.2, -0.15) is 4.31 Å². The molecule has 0 saturated carbocycles. The van der Waals surface area contributed by atoms with Crippen LogP contribution < -0.4 is 4.74 Å². The van der Waals surface area contributed by atoms with Gasteiger partial charge in [-0.05, 0) is 42.7 Å². The lowest BCUT2D eigenvalue weighted by Gasteiger charge is -2.32. The van der Waals surface area contributed by atoms with Gasteiger partial charge in [-0.3, -0.25) is 4.79 Å². The zero-order chi connectivity index (χ0) is 22.4. The van der Waals surface area contributed by atoms with Crippen LogP contribution in [0, 0.1) is 5.92 Å². The maximum atomic E-state index is 12.9. The number of methoxy groups -OCH3 is 1. The number of benzene rings is 2. The molecule has 3 rings (SSSR count). The minimum absolute atomic E-state index is 0.00101. The third kappa shape index (κ3) is 6.09. The number of piperidine rings is 1. The molecule has 0 radical (unpaired) electrons. The summed E-state index contributed by atoms with van der Waals surface area (Å²) in [4.78, 5) is 14.6. The van der Waals surface area contributed by atoms with Crippen molar-refractivity contribution < 1.29 is 17.9 Å². The van der Waals surface area contributed by atoms with E-state index in [9.17, 15) is 13.2 Å². The van der Waals surface area contributed by atoms with Gasteiger partial charge in [0, 0.05) is 48.6 Å². The van der Waals surface area contributed by atoms with Crippen LogP contribution in [-0.4, -0.2) is 50.8 Å². The van der Waals surface area contributed by atoms with Crippen molar-refractivity contribution >= 4 is 33.6 Å². The third-order valence-electron chi connectivity index (χ3n) is 5.42. The summed E-state index contributed by atoms with van der Waals surface area (Å²) < 4.78 is 32.1. The summed E-state index contributed by atoms with van der Waals surface area (Å²) >= 11 is 6.08. The Morgan fingerprint density at radius 1 is 1.19 bits per heavy atom. The molecule has 31 heavy (non-hydrogen) atoms. The third-order valence-corrected chi connectivity index (χ3v) is 7.22. The molecule has 0 unspecified atom stereocenters. The van der Waals surface area contributed by atoms with Crippen molar-refractivity contribution in [3.8, 4) is 5.75 Å². The van der Waals surface area contributed by atoms with Gasteiger partial charge < -0.3 is 9.64 Å². The maximum absolute atomic E-state index is 12.9. The van der Waals surface area contributed by atoms with Gasteiger partial charge in [0.05, 0.1) is 7.11 Å². The zero-order valence-electron chi connectivity index (χ0n) is 17.7. The van der Waals surface area contributed by atoms with Crippen LogP contribution in [0.25, 0.3) is 6.08 Å². The highest BCUT2D eigenvalue weighted by molar-refractivity contribution is 7.92. The van der Waals surface area contributed by atoms with E-state index in [1.807, 2.05) is 30.3 Å². The number of hydrogen-bond donors (Lipinski definition) is 0. The highest BCUT2D eigenvalue weighted by atomic mass is 35.5. The van der Waals surface area contributed by atoms with Crippen LogP contribution in [0.3, 0.4) is 0 Å². The Balaban J connectivity index is 1.58. The second kappa shape index (κ2) is 10.3. The fourth-order valence-corrected chi connectivity index (χ4v) is 5.10. The maximum Gasteiger partial charge on any atom is 0.236 e. The van der Waals surface area contributed by atoms with Crippen LogP contribution in [0.5, 0.6) is 5.75 Å². The number of sulfonamides is 1. The predicted molar refractivity (Wildman–Crippen MR) is 123 cm³/mol. The normalized spacial score (nSPS) is 15.8. The van der Waals surface area contributed by atoms with Crippen LogP contribution in [-0.2, 0) is 21.4 Å². The van der Waals surface area contributed by atoms with E-state index in [-0.39, 0.29) is 11.8 Å². The Morgan fingerprint density at radius 2 is 1.87 bits per heavy atom. The molecule has 6 nitrogen and oxygen atoms in total. The lowest BCUT2D eigenvalue weighted by molar-refractivity contribution is -0.135. The SMILES string of the molecule is COc1ccc(Cl)cc1CN(C)C(=O)C1CCN(S(=O)(=O)C=Cc2ccccc2)CC1. The van der Waals surface area contributed by atoms with Crippen molar-refractivity contribution in [1.82, 2.24) is 9.21 Å². The molecule has 1 amide bonds. The van der Waals surface area contributed by atoms with E-state index in [2.05, 4.69) is 0 Å². The van der Waals surface area contributed by atoms with Crippen LogP contribution in [0.4, 0.5) is 0 Å². The fraction of sp³-hybridized carbons (Fsp3) is 0.348. The molecule has 2 aromatic rings. The quantitative estimate of drug-likeness (QED) is 0.623. The highest BCUT2D eigenvalue weighted by Crippen LogP contribution is 2.26. The van der Waals surface area contributed by atoms with Gasteiger partial charge in [0.15, 0.2) is 0 Å². The minimum Gasteiger partial charge on any atom is -0.496 e. The number of carbonyl (C=O) groups excluding carboxylic acids is 1. The number of hydrogen-bond acceptors (Lipinski definition) is 4. The molecule has 1 aliphatic rings. The van der Waals surface area contributed by atoms with E-state index in [4.69, 9.17) is 16.3 Å². The van der Waals surface area contributed by atoms with Crippen molar-refractivity contribution in [2.75, 3.05) is 27.2 Å². The Labute approximate surface area is 189 Å². The molecular formula is C23H27ClN2O4S. The Bertz CT molecular complexity index is 1030. The Morgan fingerprint density at radius 3 is 2.52 bits per heavy atom. The lowest BCUT2D eigenvalue weighted by Crippen LogP contribution is -2.42. The topological polar surface area (TPSA) is 66.9 Å². The molecule has 0 bridgehead atoms. The summed E-state index contributed by atoms with van der Waals surface area (Å²) in [5.74, 6) is 0.466.